The zero-order valence-electron chi connectivity index (χ0n) is 11.3. The molecular weight excluding hydrogens is 240 g/mol. The fourth-order valence-electron chi connectivity index (χ4n) is 1.95. The molecule has 19 heavy (non-hydrogen) atoms. The summed E-state index contributed by atoms with van der Waals surface area (Å²) in [6.07, 6.45) is -0.494. The van der Waals surface area contributed by atoms with Crippen molar-refractivity contribution >= 4 is 22.3 Å². The first kappa shape index (κ1) is 13.3. The van der Waals surface area contributed by atoms with E-state index in [4.69, 9.17) is 4.74 Å². The van der Waals surface area contributed by atoms with Gasteiger partial charge in [-0.2, -0.15) is 0 Å². The number of carbonyl (C=O) groups is 2. The molecule has 0 saturated heterocycles. The van der Waals surface area contributed by atoms with Gasteiger partial charge < -0.3 is 4.74 Å². The van der Waals surface area contributed by atoms with Gasteiger partial charge in [0.2, 0.25) is 0 Å². The minimum absolute atomic E-state index is 0.0161. The van der Waals surface area contributed by atoms with Crippen molar-refractivity contribution in [3.8, 4) is 5.75 Å². The Labute approximate surface area is 112 Å². The fraction of sp³-hybridized carbons (Fsp3) is 0.250. The maximum absolute atomic E-state index is 11.6. The number of hydrogen-bond acceptors (Lipinski definition) is 3. The van der Waals surface area contributed by atoms with Crippen LogP contribution in [0.1, 0.15) is 31.1 Å². The first-order chi connectivity index (χ1) is 9.00. The van der Waals surface area contributed by atoms with Gasteiger partial charge in [0.15, 0.2) is 17.7 Å². The van der Waals surface area contributed by atoms with E-state index in [1.54, 1.807) is 26.0 Å². The van der Waals surface area contributed by atoms with Crippen molar-refractivity contribution in [2.75, 3.05) is 0 Å². The number of hydrogen-bond donors (Lipinski definition) is 0. The molecule has 0 spiro atoms. The van der Waals surface area contributed by atoms with Gasteiger partial charge in [-0.25, -0.2) is 0 Å². The SMILES string of the molecule is CC(=O)c1ccc(OC(C)C(C)=O)c2ccccc12. The number of ketones is 2. The molecule has 0 aliphatic rings. The minimum atomic E-state index is -0.494. The molecule has 0 bridgehead atoms. The average molecular weight is 256 g/mol. The van der Waals surface area contributed by atoms with Crippen molar-refractivity contribution in [2.24, 2.45) is 0 Å². The molecule has 0 aliphatic heterocycles. The third kappa shape index (κ3) is 2.65. The Kier molecular flexibility index (Phi) is 3.65. The van der Waals surface area contributed by atoms with E-state index in [9.17, 15) is 9.59 Å². The molecule has 3 heteroatoms. The molecule has 2 aromatic carbocycles. The number of carbonyl (C=O) groups excluding carboxylic acids is 2. The van der Waals surface area contributed by atoms with E-state index in [0.29, 0.717) is 11.3 Å². The summed E-state index contributed by atoms with van der Waals surface area (Å²) in [5.74, 6) is 0.616. The van der Waals surface area contributed by atoms with Crippen molar-refractivity contribution in [1.82, 2.24) is 0 Å². The molecule has 1 atom stereocenters. The summed E-state index contributed by atoms with van der Waals surface area (Å²) in [5, 5.41) is 1.70. The summed E-state index contributed by atoms with van der Waals surface area (Å²) in [6.45, 7) is 4.76. The van der Waals surface area contributed by atoms with Crippen LogP contribution in [0.4, 0.5) is 0 Å². The van der Waals surface area contributed by atoms with Gasteiger partial charge in [-0.1, -0.05) is 24.3 Å². The lowest BCUT2D eigenvalue weighted by atomic mass is 10.0. The lowest BCUT2D eigenvalue weighted by Crippen LogP contribution is -2.20. The molecule has 3 nitrogen and oxygen atoms in total. The standard InChI is InChI=1S/C16H16O3/c1-10(17)12(3)19-16-9-8-13(11(2)18)14-6-4-5-7-15(14)16/h4-9,12H,1-3H3. The lowest BCUT2D eigenvalue weighted by molar-refractivity contribution is -0.122. The summed E-state index contributed by atoms with van der Waals surface area (Å²) in [7, 11) is 0. The molecule has 2 aromatic rings. The average Bonchev–Trinajstić information content (AvgIpc) is 2.38. The Morgan fingerprint density at radius 2 is 1.63 bits per heavy atom. The van der Waals surface area contributed by atoms with Crippen LogP contribution in [-0.4, -0.2) is 17.7 Å². The van der Waals surface area contributed by atoms with E-state index in [1.807, 2.05) is 24.3 Å². The smallest absolute Gasteiger partial charge is 0.169 e. The molecule has 0 aliphatic carbocycles. The molecule has 98 valence electrons. The second-order valence-electron chi connectivity index (χ2n) is 4.58. The van der Waals surface area contributed by atoms with Gasteiger partial charge in [-0.15, -0.1) is 0 Å². The summed E-state index contributed by atoms with van der Waals surface area (Å²) in [4.78, 5) is 22.9. The van der Waals surface area contributed by atoms with Crippen LogP contribution in [-0.2, 0) is 4.79 Å². The number of rotatable bonds is 4. The van der Waals surface area contributed by atoms with E-state index in [-0.39, 0.29) is 11.6 Å². The monoisotopic (exact) mass is 256 g/mol. The van der Waals surface area contributed by atoms with E-state index < -0.39 is 6.10 Å². The van der Waals surface area contributed by atoms with Crippen LogP contribution in [0.5, 0.6) is 5.75 Å². The second-order valence-corrected chi connectivity index (χ2v) is 4.58. The Morgan fingerprint density at radius 1 is 1.00 bits per heavy atom. The van der Waals surface area contributed by atoms with Crippen molar-refractivity contribution in [3.05, 3.63) is 42.0 Å². The number of ether oxygens (including phenoxy) is 1. The molecule has 0 radical (unpaired) electrons. The topological polar surface area (TPSA) is 43.4 Å². The largest absolute Gasteiger partial charge is 0.482 e. The van der Waals surface area contributed by atoms with Gasteiger partial charge in [0.25, 0.3) is 0 Å². The highest BCUT2D eigenvalue weighted by molar-refractivity contribution is 6.08. The highest BCUT2D eigenvalue weighted by Crippen LogP contribution is 2.29. The number of Topliss-reactive ketones (excluding diaryl/α,β-unsaturated/α-hetero) is 2. The molecule has 0 saturated carbocycles. The highest BCUT2D eigenvalue weighted by Gasteiger charge is 2.14. The van der Waals surface area contributed by atoms with Crippen molar-refractivity contribution in [1.29, 1.82) is 0 Å². The third-order valence-electron chi connectivity index (χ3n) is 3.14. The molecule has 0 heterocycles. The Morgan fingerprint density at radius 3 is 2.21 bits per heavy atom. The Hall–Kier alpha value is -2.16. The third-order valence-corrected chi connectivity index (χ3v) is 3.14. The van der Waals surface area contributed by atoms with Crippen LogP contribution in [0.25, 0.3) is 10.8 Å². The predicted octanol–water partition coefficient (Wildman–Crippen LogP) is 3.40. The second kappa shape index (κ2) is 5.22. The molecular formula is C16H16O3. The molecule has 0 aromatic heterocycles. The van der Waals surface area contributed by atoms with Crippen LogP contribution in [0, 0.1) is 0 Å². The van der Waals surface area contributed by atoms with Crippen LogP contribution < -0.4 is 4.74 Å². The van der Waals surface area contributed by atoms with Gasteiger partial charge in [-0.3, -0.25) is 9.59 Å². The van der Waals surface area contributed by atoms with Crippen molar-refractivity contribution in [2.45, 2.75) is 26.9 Å². The van der Waals surface area contributed by atoms with Crippen molar-refractivity contribution < 1.29 is 14.3 Å². The van der Waals surface area contributed by atoms with Gasteiger partial charge in [-0.05, 0) is 38.3 Å². The molecule has 0 amide bonds. The van der Waals surface area contributed by atoms with Crippen LogP contribution in [0.15, 0.2) is 36.4 Å². The van der Waals surface area contributed by atoms with Gasteiger partial charge in [0.05, 0.1) is 0 Å². The van der Waals surface area contributed by atoms with Gasteiger partial charge in [0.1, 0.15) is 5.75 Å². The normalized spacial score (nSPS) is 12.2. The van der Waals surface area contributed by atoms with Gasteiger partial charge in [0, 0.05) is 10.9 Å². The quantitative estimate of drug-likeness (QED) is 0.787. The Bertz CT molecular complexity index is 643. The number of fused-ring (bicyclic) bond motifs is 1. The predicted molar refractivity (Wildman–Crippen MR) is 74.7 cm³/mol. The summed E-state index contributed by atoms with van der Waals surface area (Å²) in [6, 6.07) is 11.0. The van der Waals surface area contributed by atoms with Gasteiger partial charge >= 0.3 is 0 Å². The van der Waals surface area contributed by atoms with Crippen LogP contribution in [0.3, 0.4) is 0 Å². The van der Waals surface area contributed by atoms with E-state index in [2.05, 4.69) is 0 Å². The molecule has 0 N–H and O–H groups in total. The maximum Gasteiger partial charge on any atom is 0.169 e. The first-order valence-electron chi connectivity index (χ1n) is 6.20. The zero-order valence-corrected chi connectivity index (χ0v) is 11.3. The van der Waals surface area contributed by atoms with E-state index in [0.717, 1.165) is 10.8 Å². The van der Waals surface area contributed by atoms with E-state index in [1.165, 1.54) is 6.92 Å². The fourth-order valence-corrected chi connectivity index (χ4v) is 1.95. The molecule has 2 rings (SSSR count). The summed E-state index contributed by atoms with van der Waals surface area (Å²) in [5.41, 5.74) is 0.665. The van der Waals surface area contributed by atoms with Crippen molar-refractivity contribution in [3.63, 3.8) is 0 Å². The Balaban J connectivity index is 2.55. The van der Waals surface area contributed by atoms with E-state index >= 15 is 0 Å². The summed E-state index contributed by atoms with van der Waals surface area (Å²) < 4.78 is 5.66. The minimum Gasteiger partial charge on any atom is -0.482 e. The first-order valence-corrected chi connectivity index (χ1v) is 6.20. The van der Waals surface area contributed by atoms with Crippen LogP contribution in [0.2, 0.25) is 0 Å². The zero-order chi connectivity index (χ0) is 14.0. The lowest BCUT2D eigenvalue weighted by Gasteiger charge is -2.15. The van der Waals surface area contributed by atoms with Crippen LogP contribution >= 0.6 is 0 Å². The molecule has 0 fully saturated rings. The maximum atomic E-state index is 11.6. The highest BCUT2D eigenvalue weighted by atomic mass is 16.5. The molecule has 1 unspecified atom stereocenters. The summed E-state index contributed by atoms with van der Waals surface area (Å²) >= 11 is 0. The number of benzene rings is 2.